The lowest BCUT2D eigenvalue weighted by Gasteiger charge is -2.07. The van der Waals surface area contributed by atoms with Gasteiger partial charge in [0.15, 0.2) is 0 Å². The Morgan fingerprint density at radius 3 is 2.47 bits per heavy atom. The van der Waals surface area contributed by atoms with E-state index in [2.05, 4.69) is 0 Å². The maximum absolute atomic E-state index is 13.2. The number of benzene rings is 2. The average Bonchev–Trinajstić information content (AvgIpc) is 2.45. The maximum atomic E-state index is 13.2. The third kappa shape index (κ3) is 3.54. The second kappa shape index (κ2) is 5.98. The van der Waals surface area contributed by atoms with Crippen LogP contribution in [0.25, 0.3) is 0 Å². The van der Waals surface area contributed by atoms with Crippen molar-refractivity contribution in [2.45, 2.75) is 13.2 Å². The molecule has 96 valence electrons. The van der Waals surface area contributed by atoms with Crippen molar-refractivity contribution in [3.05, 3.63) is 65.0 Å². The first kappa shape index (κ1) is 13.1. The van der Waals surface area contributed by atoms with Gasteiger partial charge in [-0.3, -0.25) is 0 Å². The van der Waals surface area contributed by atoms with Gasteiger partial charge in [0, 0.05) is 0 Å². The third-order valence-electron chi connectivity index (χ3n) is 2.60. The molecular formula is C15H12FNO2. The van der Waals surface area contributed by atoms with E-state index in [1.54, 1.807) is 30.3 Å². The Morgan fingerprint density at radius 2 is 1.84 bits per heavy atom. The molecule has 2 aromatic carbocycles. The molecule has 0 heterocycles. The fraction of sp³-hybridized carbons (Fsp3) is 0.133. The van der Waals surface area contributed by atoms with Gasteiger partial charge < -0.3 is 9.84 Å². The fourth-order valence-electron chi connectivity index (χ4n) is 1.66. The quantitative estimate of drug-likeness (QED) is 0.916. The van der Waals surface area contributed by atoms with Gasteiger partial charge in [-0.25, -0.2) is 4.39 Å². The fourth-order valence-corrected chi connectivity index (χ4v) is 1.66. The lowest BCUT2D eigenvalue weighted by Crippen LogP contribution is -1.97. The number of hydrogen-bond donors (Lipinski definition) is 1. The molecule has 0 radical (unpaired) electrons. The van der Waals surface area contributed by atoms with Gasteiger partial charge in [0.25, 0.3) is 0 Å². The summed E-state index contributed by atoms with van der Waals surface area (Å²) in [6.45, 7) is 0.167. The molecule has 0 unspecified atom stereocenters. The number of nitrogens with zero attached hydrogens (tertiary/aromatic N) is 1. The Balaban J connectivity index is 2.05. The Kier molecular flexibility index (Phi) is 4.11. The van der Waals surface area contributed by atoms with Gasteiger partial charge in [-0.05, 0) is 41.5 Å². The molecule has 4 heteroatoms. The van der Waals surface area contributed by atoms with E-state index in [9.17, 15) is 4.39 Å². The number of aliphatic hydroxyl groups excluding tert-OH is 1. The first-order valence-electron chi connectivity index (χ1n) is 5.73. The normalized spacial score (nSPS) is 9.95. The Labute approximate surface area is 110 Å². The minimum Gasteiger partial charge on any atom is -0.489 e. The van der Waals surface area contributed by atoms with Gasteiger partial charge in [0.05, 0.1) is 18.2 Å². The molecule has 0 amide bonds. The predicted molar refractivity (Wildman–Crippen MR) is 67.8 cm³/mol. The summed E-state index contributed by atoms with van der Waals surface area (Å²) in [6, 6.07) is 13.0. The molecule has 3 nitrogen and oxygen atoms in total. The van der Waals surface area contributed by atoms with Gasteiger partial charge in [0.2, 0.25) is 0 Å². The van der Waals surface area contributed by atoms with Crippen LogP contribution in [-0.2, 0) is 13.2 Å². The van der Waals surface area contributed by atoms with Crippen LogP contribution in [0, 0.1) is 17.1 Å². The molecule has 1 N–H and O–H groups in total. The van der Waals surface area contributed by atoms with E-state index in [0.717, 1.165) is 5.56 Å². The highest BCUT2D eigenvalue weighted by Gasteiger charge is 2.02. The molecule has 2 rings (SSSR count). The standard InChI is InChI=1S/C15H12FNO2/c16-14-6-12(8-17)5-13(7-14)10-19-15-3-1-11(9-18)2-4-15/h1-7,18H,9-10H2. The zero-order valence-corrected chi connectivity index (χ0v) is 10.1. The van der Waals surface area contributed by atoms with E-state index in [1.807, 2.05) is 6.07 Å². The predicted octanol–water partition coefficient (Wildman–Crippen LogP) is 2.77. The van der Waals surface area contributed by atoms with Gasteiger partial charge >= 0.3 is 0 Å². The molecule has 0 saturated heterocycles. The summed E-state index contributed by atoms with van der Waals surface area (Å²) in [4.78, 5) is 0. The van der Waals surface area contributed by atoms with E-state index < -0.39 is 5.82 Å². The highest BCUT2D eigenvalue weighted by atomic mass is 19.1. The van der Waals surface area contributed by atoms with Crippen molar-refractivity contribution in [2.24, 2.45) is 0 Å². The number of nitriles is 1. The molecule has 2 aromatic rings. The first-order valence-corrected chi connectivity index (χ1v) is 5.73. The van der Waals surface area contributed by atoms with Crippen LogP contribution in [-0.4, -0.2) is 5.11 Å². The van der Waals surface area contributed by atoms with E-state index >= 15 is 0 Å². The van der Waals surface area contributed by atoms with Crippen molar-refractivity contribution in [3.63, 3.8) is 0 Å². The SMILES string of the molecule is N#Cc1cc(F)cc(COc2ccc(CO)cc2)c1. The van der Waals surface area contributed by atoms with E-state index in [-0.39, 0.29) is 18.8 Å². The number of halogens is 1. The Hall–Kier alpha value is -2.38. The number of aliphatic hydroxyl groups is 1. The summed E-state index contributed by atoms with van der Waals surface area (Å²) >= 11 is 0. The van der Waals surface area contributed by atoms with Crippen LogP contribution in [0.2, 0.25) is 0 Å². The van der Waals surface area contributed by atoms with Crippen molar-refractivity contribution < 1.29 is 14.2 Å². The van der Waals surface area contributed by atoms with Gasteiger partial charge in [0.1, 0.15) is 18.2 Å². The van der Waals surface area contributed by atoms with Crippen molar-refractivity contribution in [1.29, 1.82) is 5.26 Å². The van der Waals surface area contributed by atoms with E-state index in [1.165, 1.54) is 12.1 Å². The monoisotopic (exact) mass is 257 g/mol. The molecule has 19 heavy (non-hydrogen) atoms. The van der Waals surface area contributed by atoms with Gasteiger partial charge in [-0.15, -0.1) is 0 Å². The third-order valence-corrected chi connectivity index (χ3v) is 2.60. The first-order chi connectivity index (χ1) is 9.21. The van der Waals surface area contributed by atoms with Crippen LogP contribution < -0.4 is 4.74 Å². The number of rotatable bonds is 4. The molecule has 0 bridgehead atoms. The minimum atomic E-state index is -0.451. The molecule has 0 aliphatic rings. The second-order valence-corrected chi connectivity index (χ2v) is 4.05. The molecule has 0 saturated carbocycles. The molecule has 0 aromatic heterocycles. The zero-order chi connectivity index (χ0) is 13.7. The van der Waals surface area contributed by atoms with Crippen molar-refractivity contribution in [2.75, 3.05) is 0 Å². The van der Waals surface area contributed by atoms with Crippen molar-refractivity contribution in [3.8, 4) is 11.8 Å². The van der Waals surface area contributed by atoms with Gasteiger partial charge in [-0.2, -0.15) is 5.26 Å². The molecule has 0 spiro atoms. The largest absolute Gasteiger partial charge is 0.489 e. The lowest BCUT2D eigenvalue weighted by molar-refractivity contribution is 0.280. The molecule has 0 fully saturated rings. The van der Waals surface area contributed by atoms with Crippen LogP contribution in [0.1, 0.15) is 16.7 Å². The summed E-state index contributed by atoms with van der Waals surface area (Å²) in [5.41, 5.74) is 1.67. The van der Waals surface area contributed by atoms with Crippen LogP contribution in [0.3, 0.4) is 0 Å². The zero-order valence-electron chi connectivity index (χ0n) is 10.1. The summed E-state index contributed by atoms with van der Waals surface area (Å²) in [7, 11) is 0. The smallest absolute Gasteiger partial charge is 0.124 e. The maximum Gasteiger partial charge on any atom is 0.124 e. The molecule has 0 aliphatic carbocycles. The summed E-state index contributed by atoms with van der Waals surface area (Å²) in [6.07, 6.45) is 0. The summed E-state index contributed by atoms with van der Waals surface area (Å²) < 4.78 is 18.7. The highest BCUT2D eigenvalue weighted by Crippen LogP contribution is 2.15. The minimum absolute atomic E-state index is 0.0181. The highest BCUT2D eigenvalue weighted by molar-refractivity contribution is 5.34. The lowest BCUT2D eigenvalue weighted by atomic mass is 10.1. The second-order valence-electron chi connectivity index (χ2n) is 4.05. The number of ether oxygens (including phenoxy) is 1. The Bertz CT molecular complexity index is 603. The summed E-state index contributed by atoms with van der Waals surface area (Å²) in [5, 5.41) is 17.7. The molecule has 0 atom stereocenters. The molecular weight excluding hydrogens is 245 g/mol. The molecule has 0 aliphatic heterocycles. The average molecular weight is 257 g/mol. The number of hydrogen-bond acceptors (Lipinski definition) is 3. The van der Waals surface area contributed by atoms with Crippen LogP contribution in [0.5, 0.6) is 5.75 Å². The van der Waals surface area contributed by atoms with Crippen molar-refractivity contribution in [1.82, 2.24) is 0 Å². The Morgan fingerprint density at radius 1 is 1.11 bits per heavy atom. The topological polar surface area (TPSA) is 53.2 Å². The van der Waals surface area contributed by atoms with E-state index in [4.69, 9.17) is 15.1 Å². The van der Waals surface area contributed by atoms with Crippen LogP contribution in [0.15, 0.2) is 42.5 Å². The van der Waals surface area contributed by atoms with Gasteiger partial charge in [-0.1, -0.05) is 12.1 Å². The van der Waals surface area contributed by atoms with Crippen LogP contribution in [0.4, 0.5) is 4.39 Å². The summed E-state index contributed by atoms with van der Waals surface area (Å²) in [5.74, 6) is 0.174. The van der Waals surface area contributed by atoms with Crippen molar-refractivity contribution >= 4 is 0 Å². The van der Waals surface area contributed by atoms with E-state index in [0.29, 0.717) is 11.3 Å². The van der Waals surface area contributed by atoms with Crippen LogP contribution >= 0.6 is 0 Å².